The first kappa shape index (κ1) is 19.6. The summed E-state index contributed by atoms with van der Waals surface area (Å²) in [5.41, 5.74) is 6.05. The second-order valence-corrected chi connectivity index (χ2v) is 7.39. The Morgan fingerprint density at radius 2 is 1.67 bits per heavy atom. The molecule has 0 saturated carbocycles. The number of benzene rings is 2. The van der Waals surface area contributed by atoms with Gasteiger partial charge in [0.15, 0.2) is 0 Å². The number of pyridine rings is 1. The Labute approximate surface area is 174 Å². The van der Waals surface area contributed by atoms with E-state index in [9.17, 15) is 14.7 Å². The Morgan fingerprint density at radius 3 is 2.23 bits per heavy atom. The number of ether oxygens (including phenoxy) is 1. The van der Waals surface area contributed by atoms with Crippen molar-refractivity contribution in [2.45, 2.75) is 25.3 Å². The van der Waals surface area contributed by atoms with Crippen LogP contribution < -0.4 is 5.32 Å². The largest absolute Gasteiger partial charge is 0.480 e. The molecule has 3 aromatic rings. The van der Waals surface area contributed by atoms with E-state index in [1.807, 2.05) is 49.4 Å². The molecule has 2 N–H and O–H groups in total. The van der Waals surface area contributed by atoms with Crippen LogP contribution in [-0.2, 0) is 16.0 Å². The maximum absolute atomic E-state index is 12.4. The van der Waals surface area contributed by atoms with Crippen molar-refractivity contribution in [1.29, 1.82) is 0 Å². The highest BCUT2D eigenvalue weighted by atomic mass is 16.5. The normalized spacial score (nSPS) is 13.2. The van der Waals surface area contributed by atoms with E-state index in [1.165, 1.54) is 0 Å². The molecule has 6 nitrogen and oxygen atoms in total. The molecule has 0 aliphatic heterocycles. The molecule has 0 saturated heterocycles. The minimum Gasteiger partial charge on any atom is -0.480 e. The molecule has 0 unspecified atom stereocenters. The Kier molecular flexibility index (Phi) is 5.48. The number of hydrogen-bond acceptors (Lipinski definition) is 4. The molecule has 152 valence electrons. The van der Waals surface area contributed by atoms with Crippen LogP contribution in [0.4, 0.5) is 4.79 Å². The maximum Gasteiger partial charge on any atom is 0.407 e. The second kappa shape index (κ2) is 8.37. The monoisotopic (exact) mass is 402 g/mol. The number of hydrogen-bond donors (Lipinski definition) is 2. The van der Waals surface area contributed by atoms with Gasteiger partial charge in [0.25, 0.3) is 0 Å². The van der Waals surface area contributed by atoms with Crippen molar-refractivity contribution in [3.8, 4) is 11.1 Å². The molecule has 0 radical (unpaired) electrons. The zero-order valence-electron chi connectivity index (χ0n) is 16.5. The highest BCUT2D eigenvalue weighted by molar-refractivity contribution is 5.81. The lowest BCUT2D eigenvalue weighted by molar-refractivity contribution is -0.139. The van der Waals surface area contributed by atoms with E-state index in [0.29, 0.717) is 5.69 Å². The number of carbonyl (C=O) groups excluding carboxylic acids is 1. The lowest BCUT2D eigenvalue weighted by atomic mass is 9.98. The number of aromatic nitrogens is 1. The molecule has 1 aromatic heterocycles. The Bertz CT molecular complexity index is 1030. The number of rotatable bonds is 6. The summed E-state index contributed by atoms with van der Waals surface area (Å²) < 4.78 is 5.44. The van der Waals surface area contributed by atoms with Crippen LogP contribution in [0.5, 0.6) is 0 Å². The lowest BCUT2D eigenvalue weighted by Gasteiger charge is -2.17. The van der Waals surface area contributed by atoms with Gasteiger partial charge in [0.1, 0.15) is 12.6 Å². The number of carboxylic acid groups (broad SMARTS) is 1. The number of carboxylic acids is 1. The van der Waals surface area contributed by atoms with Gasteiger partial charge >= 0.3 is 12.1 Å². The van der Waals surface area contributed by atoms with E-state index in [0.717, 1.165) is 27.8 Å². The number of fused-ring (bicyclic) bond motifs is 3. The predicted octanol–water partition coefficient (Wildman–Crippen LogP) is 3.92. The van der Waals surface area contributed by atoms with Gasteiger partial charge in [-0.2, -0.15) is 0 Å². The molecule has 6 heteroatoms. The molecule has 1 aliphatic carbocycles. The van der Waals surface area contributed by atoms with E-state index in [-0.39, 0.29) is 18.9 Å². The summed E-state index contributed by atoms with van der Waals surface area (Å²) in [4.78, 5) is 28.2. The van der Waals surface area contributed by atoms with Crippen molar-refractivity contribution in [2.24, 2.45) is 0 Å². The van der Waals surface area contributed by atoms with Crippen molar-refractivity contribution in [2.75, 3.05) is 6.61 Å². The molecular weight excluding hydrogens is 380 g/mol. The van der Waals surface area contributed by atoms with Crippen LogP contribution in [0.3, 0.4) is 0 Å². The minimum absolute atomic E-state index is 0.0785. The molecule has 1 aliphatic rings. The minimum atomic E-state index is -1.13. The van der Waals surface area contributed by atoms with Gasteiger partial charge in [-0.05, 0) is 40.8 Å². The topological polar surface area (TPSA) is 88.5 Å². The van der Waals surface area contributed by atoms with Gasteiger partial charge in [-0.15, -0.1) is 0 Å². The fraction of sp³-hybridized carbons (Fsp3) is 0.208. The van der Waals surface area contributed by atoms with E-state index in [2.05, 4.69) is 22.4 Å². The van der Waals surface area contributed by atoms with Crippen molar-refractivity contribution < 1.29 is 19.4 Å². The number of nitrogens with zero attached hydrogens (tertiary/aromatic N) is 1. The fourth-order valence-corrected chi connectivity index (χ4v) is 3.81. The number of aliphatic carboxylic acids is 1. The standard InChI is InChI=1S/C24H22N2O4/c1-15-10-11-16(25-13-15)12-22(23(27)28)26-24(29)30-14-21-19-8-4-2-6-17(19)18-7-3-5-9-20(18)21/h2-11,13,21-22H,12,14H2,1H3,(H,26,29)(H,27,28)/t22-/m1/s1. The van der Waals surface area contributed by atoms with Crippen LogP contribution in [0.1, 0.15) is 28.3 Å². The molecule has 0 fully saturated rings. The number of nitrogens with one attached hydrogen (secondary N) is 1. The highest BCUT2D eigenvalue weighted by Gasteiger charge is 2.29. The lowest BCUT2D eigenvalue weighted by Crippen LogP contribution is -2.43. The summed E-state index contributed by atoms with van der Waals surface area (Å²) in [6.07, 6.45) is 0.998. The Hall–Kier alpha value is -3.67. The molecule has 1 atom stereocenters. The van der Waals surface area contributed by atoms with Crippen LogP contribution >= 0.6 is 0 Å². The number of alkyl carbamates (subject to hydrolysis) is 1. The second-order valence-electron chi connectivity index (χ2n) is 7.39. The predicted molar refractivity (Wildman–Crippen MR) is 112 cm³/mol. The third kappa shape index (κ3) is 4.03. The van der Waals surface area contributed by atoms with E-state index in [1.54, 1.807) is 12.3 Å². The average Bonchev–Trinajstić information content (AvgIpc) is 3.07. The smallest absolute Gasteiger partial charge is 0.407 e. The molecule has 2 aromatic carbocycles. The summed E-state index contributed by atoms with van der Waals surface area (Å²) in [6.45, 7) is 2.04. The molecule has 0 bridgehead atoms. The van der Waals surface area contributed by atoms with Crippen molar-refractivity contribution in [3.63, 3.8) is 0 Å². The Balaban J connectivity index is 1.43. The van der Waals surface area contributed by atoms with Gasteiger partial charge in [-0.3, -0.25) is 4.98 Å². The summed E-state index contributed by atoms with van der Waals surface area (Å²) in [7, 11) is 0. The van der Waals surface area contributed by atoms with Crippen molar-refractivity contribution in [1.82, 2.24) is 10.3 Å². The highest BCUT2D eigenvalue weighted by Crippen LogP contribution is 2.44. The number of carbonyl (C=O) groups is 2. The maximum atomic E-state index is 12.4. The molecule has 30 heavy (non-hydrogen) atoms. The Morgan fingerprint density at radius 1 is 1.03 bits per heavy atom. The van der Waals surface area contributed by atoms with Crippen molar-refractivity contribution in [3.05, 3.63) is 89.2 Å². The van der Waals surface area contributed by atoms with Gasteiger partial charge < -0.3 is 15.2 Å². The summed E-state index contributed by atoms with van der Waals surface area (Å²) in [5, 5.41) is 11.9. The van der Waals surface area contributed by atoms with Crippen LogP contribution in [-0.4, -0.2) is 34.8 Å². The summed E-state index contributed by atoms with van der Waals surface area (Å²) in [6, 6.07) is 18.6. The average molecular weight is 402 g/mol. The van der Waals surface area contributed by atoms with Gasteiger partial charge in [-0.25, -0.2) is 9.59 Å². The first-order valence-corrected chi connectivity index (χ1v) is 9.79. The zero-order valence-corrected chi connectivity index (χ0v) is 16.5. The third-order valence-electron chi connectivity index (χ3n) is 5.32. The van der Waals surface area contributed by atoms with Crippen LogP contribution in [0.15, 0.2) is 66.9 Å². The van der Waals surface area contributed by atoms with Gasteiger partial charge in [0.2, 0.25) is 0 Å². The van der Waals surface area contributed by atoms with Gasteiger partial charge in [0.05, 0.1) is 0 Å². The molecule has 0 spiro atoms. The number of aryl methyl sites for hydroxylation is 1. The summed E-state index contributed by atoms with van der Waals surface area (Å²) >= 11 is 0. The number of amides is 1. The third-order valence-corrected chi connectivity index (χ3v) is 5.32. The van der Waals surface area contributed by atoms with E-state index < -0.39 is 18.1 Å². The van der Waals surface area contributed by atoms with Crippen LogP contribution in [0.2, 0.25) is 0 Å². The SMILES string of the molecule is Cc1ccc(C[C@@H](NC(=O)OCC2c3ccccc3-c3ccccc32)C(=O)O)nc1. The van der Waals surface area contributed by atoms with Crippen LogP contribution in [0.25, 0.3) is 11.1 Å². The molecule has 4 rings (SSSR count). The van der Waals surface area contributed by atoms with Crippen LogP contribution in [0, 0.1) is 6.92 Å². The summed E-state index contributed by atoms with van der Waals surface area (Å²) in [5.74, 6) is -1.21. The van der Waals surface area contributed by atoms with E-state index >= 15 is 0 Å². The zero-order chi connectivity index (χ0) is 21.1. The van der Waals surface area contributed by atoms with Crippen molar-refractivity contribution >= 4 is 12.1 Å². The first-order valence-electron chi connectivity index (χ1n) is 9.79. The quantitative estimate of drug-likeness (QED) is 0.652. The first-order chi connectivity index (χ1) is 14.5. The van der Waals surface area contributed by atoms with Gasteiger partial charge in [0, 0.05) is 24.2 Å². The molecular formula is C24H22N2O4. The van der Waals surface area contributed by atoms with Gasteiger partial charge in [-0.1, -0.05) is 54.6 Å². The fourth-order valence-electron chi connectivity index (χ4n) is 3.81. The molecule has 1 amide bonds. The molecule has 1 heterocycles. The van der Waals surface area contributed by atoms with E-state index in [4.69, 9.17) is 4.74 Å².